The summed E-state index contributed by atoms with van der Waals surface area (Å²) >= 11 is 0. The minimum Gasteiger partial charge on any atom is -0.496 e. The Kier molecular flexibility index (Phi) is 5.82. The van der Waals surface area contributed by atoms with Gasteiger partial charge in [0.05, 0.1) is 7.11 Å². The second kappa shape index (κ2) is 8.26. The van der Waals surface area contributed by atoms with Gasteiger partial charge in [-0.05, 0) is 68.1 Å². The molecule has 0 bridgehead atoms. The Morgan fingerprint density at radius 3 is 2.54 bits per heavy atom. The van der Waals surface area contributed by atoms with Gasteiger partial charge in [-0.25, -0.2) is 0 Å². The van der Waals surface area contributed by atoms with Gasteiger partial charge in [0.15, 0.2) is 0 Å². The average Bonchev–Trinajstić information content (AvgIpc) is 3.15. The summed E-state index contributed by atoms with van der Waals surface area (Å²) in [6.07, 6.45) is 4.54. The molecule has 4 nitrogen and oxygen atoms in total. The van der Waals surface area contributed by atoms with Gasteiger partial charge in [-0.2, -0.15) is 0 Å². The van der Waals surface area contributed by atoms with Crippen LogP contribution in [0.2, 0.25) is 0 Å². The van der Waals surface area contributed by atoms with E-state index >= 15 is 0 Å². The van der Waals surface area contributed by atoms with Gasteiger partial charge in [0, 0.05) is 17.2 Å². The Labute approximate surface area is 155 Å². The normalized spacial score (nSPS) is 14.3. The van der Waals surface area contributed by atoms with Crippen LogP contribution in [0.25, 0.3) is 0 Å². The summed E-state index contributed by atoms with van der Waals surface area (Å²) in [6, 6.07) is 11.9. The number of carbonyl (C=O) groups excluding carboxylic acids is 1. The highest BCUT2D eigenvalue weighted by Gasteiger charge is 2.19. The molecule has 2 aromatic carbocycles. The molecule has 0 unspecified atom stereocenters. The second-order valence-electron chi connectivity index (χ2n) is 7.02. The quantitative estimate of drug-likeness (QED) is 0.828. The zero-order valence-electron chi connectivity index (χ0n) is 15.8. The first-order valence-electron chi connectivity index (χ1n) is 9.24. The van der Waals surface area contributed by atoms with Crippen molar-refractivity contribution in [3.05, 3.63) is 58.7 Å². The molecule has 3 rings (SSSR count). The molecule has 0 spiro atoms. The second-order valence-corrected chi connectivity index (χ2v) is 7.02. The molecule has 1 aliphatic rings. The third-order valence-corrected chi connectivity index (χ3v) is 5.11. The number of carbonyl (C=O) groups is 1. The van der Waals surface area contributed by atoms with Crippen LogP contribution in [0.3, 0.4) is 0 Å². The number of hydrogen-bond acceptors (Lipinski definition) is 3. The maximum atomic E-state index is 12.5. The average molecular weight is 353 g/mol. The van der Waals surface area contributed by atoms with Crippen molar-refractivity contribution in [2.75, 3.05) is 7.11 Å². The van der Waals surface area contributed by atoms with E-state index in [0.717, 1.165) is 29.9 Å². The molecular formula is C22H27NO3. The van der Waals surface area contributed by atoms with Crippen molar-refractivity contribution in [2.24, 2.45) is 0 Å². The monoisotopic (exact) mass is 353 g/mol. The van der Waals surface area contributed by atoms with E-state index in [2.05, 4.69) is 19.2 Å². The lowest BCUT2D eigenvalue weighted by molar-refractivity contribution is 0.0937. The Balaban J connectivity index is 1.72. The first-order valence-corrected chi connectivity index (χ1v) is 9.24. The summed E-state index contributed by atoms with van der Waals surface area (Å²) in [5.41, 5.74) is 3.95. The molecule has 4 heteroatoms. The fraction of sp³-hybridized carbons (Fsp3) is 0.409. The minimum absolute atomic E-state index is 0.0213. The van der Waals surface area contributed by atoms with Crippen LogP contribution in [-0.4, -0.2) is 19.1 Å². The van der Waals surface area contributed by atoms with Crippen molar-refractivity contribution < 1.29 is 14.3 Å². The van der Waals surface area contributed by atoms with Crippen molar-refractivity contribution in [3.8, 4) is 11.5 Å². The van der Waals surface area contributed by atoms with Crippen molar-refractivity contribution in [1.29, 1.82) is 0 Å². The van der Waals surface area contributed by atoms with Crippen LogP contribution in [0, 0.1) is 13.8 Å². The van der Waals surface area contributed by atoms with Crippen molar-refractivity contribution in [1.82, 2.24) is 5.32 Å². The summed E-state index contributed by atoms with van der Waals surface area (Å²) in [4.78, 5) is 12.5. The first-order chi connectivity index (χ1) is 12.6. The summed E-state index contributed by atoms with van der Waals surface area (Å²) in [7, 11) is 1.63. The lowest BCUT2D eigenvalue weighted by Gasteiger charge is -2.15. The lowest BCUT2D eigenvalue weighted by atomic mass is 10.1. The third-order valence-electron chi connectivity index (χ3n) is 5.11. The van der Waals surface area contributed by atoms with E-state index in [-0.39, 0.29) is 5.91 Å². The van der Waals surface area contributed by atoms with Crippen molar-refractivity contribution in [2.45, 2.75) is 52.2 Å². The van der Waals surface area contributed by atoms with Gasteiger partial charge < -0.3 is 14.8 Å². The third kappa shape index (κ3) is 4.37. The van der Waals surface area contributed by atoms with Crippen LogP contribution in [0.15, 0.2) is 36.4 Å². The number of amides is 1. The standard InChI is InChI=1S/C22H27NO3/c1-15-8-10-20(12-16(15)2)26-14-18-13-17(9-11-21(18)25-3)22(24)23-19-6-4-5-7-19/h8-13,19H,4-7,14H2,1-3H3,(H,23,24). The molecule has 138 valence electrons. The van der Waals surface area contributed by atoms with E-state index in [1.807, 2.05) is 36.4 Å². The number of benzene rings is 2. The van der Waals surface area contributed by atoms with Crippen molar-refractivity contribution >= 4 is 5.91 Å². The maximum Gasteiger partial charge on any atom is 0.251 e. The number of ether oxygens (including phenoxy) is 2. The van der Waals surface area contributed by atoms with Gasteiger partial charge in [0.25, 0.3) is 5.91 Å². The Morgan fingerprint density at radius 2 is 1.85 bits per heavy atom. The van der Waals surface area contributed by atoms with Gasteiger partial charge in [-0.15, -0.1) is 0 Å². The molecule has 0 aromatic heterocycles. The van der Waals surface area contributed by atoms with E-state index in [9.17, 15) is 4.79 Å². The van der Waals surface area contributed by atoms with Crippen molar-refractivity contribution in [3.63, 3.8) is 0 Å². The number of hydrogen-bond donors (Lipinski definition) is 1. The maximum absolute atomic E-state index is 12.5. The summed E-state index contributed by atoms with van der Waals surface area (Å²) in [5, 5.41) is 3.13. The van der Waals surface area contributed by atoms with E-state index < -0.39 is 0 Å². The van der Waals surface area contributed by atoms with E-state index in [1.54, 1.807) is 7.11 Å². The van der Waals surface area contributed by atoms with Gasteiger partial charge in [0.1, 0.15) is 18.1 Å². The highest BCUT2D eigenvalue weighted by Crippen LogP contribution is 2.24. The molecule has 1 saturated carbocycles. The number of methoxy groups -OCH3 is 1. The molecule has 1 aliphatic carbocycles. The smallest absolute Gasteiger partial charge is 0.251 e. The van der Waals surface area contributed by atoms with Crippen LogP contribution in [0.5, 0.6) is 11.5 Å². The van der Waals surface area contributed by atoms with Crippen LogP contribution < -0.4 is 14.8 Å². The summed E-state index contributed by atoms with van der Waals surface area (Å²) < 4.78 is 11.4. The van der Waals surface area contributed by atoms with Gasteiger partial charge in [0.2, 0.25) is 0 Å². The molecule has 0 radical (unpaired) electrons. The van der Waals surface area contributed by atoms with Gasteiger partial charge in [-0.3, -0.25) is 4.79 Å². The lowest BCUT2D eigenvalue weighted by Crippen LogP contribution is -2.32. The molecule has 1 N–H and O–H groups in total. The van der Waals surface area contributed by atoms with Gasteiger partial charge >= 0.3 is 0 Å². The van der Waals surface area contributed by atoms with Crippen LogP contribution >= 0.6 is 0 Å². The Morgan fingerprint density at radius 1 is 1.08 bits per heavy atom. The molecule has 2 aromatic rings. The zero-order valence-corrected chi connectivity index (χ0v) is 15.8. The summed E-state index contributed by atoms with van der Waals surface area (Å²) in [6.45, 7) is 4.50. The fourth-order valence-electron chi connectivity index (χ4n) is 3.34. The van der Waals surface area contributed by atoms with E-state index in [1.165, 1.54) is 24.0 Å². The highest BCUT2D eigenvalue weighted by atomic mass is 16.5. The van der Waals surface area contributed by atoms with Crippen LogP contribution in [0.4, 0.5) is 0 Å². The minimum atomic E-state index is -0.0213. The van der Waals surface area contributed by atoms with E-state index in [0.29, 0.717) is 18.2 Å². The molecule has 0 heterocycles. The summed E-state index contributed by atoms with van der Waals surface area (Å²) in [5.74, 6) is 1.52. The fourth-order valence-corrected chi connectivity index (χ4v) is 3.34. The molecule has 0 saturated heterocycles. The Hall–Kier alpha value is -2.49. The molecule has 1 amide bonds. The first kappa shape index (κ1) is 18.3. The molecule has 1 fully saturated rings. The molecule has 0 atom stereocenters. The SMILES string of the molecule is COc1ccc(C(=O)NC2CCCC2)cc1COc1ccc(C)c(C)c1. The number of aryl methyl sites for hydroxylation is 2. The molecule has 0 aliphatic heterocycles. The predicted octanol–water partition coefficient (Wildman–Crippen LogP) is 4.56. The van der Waals surface area contributed by atoms with Gasteiger partial charge in [-0.1, -0.05) is 18.9 Å². The highest BCUT2D eigenvalue weighted by molar-refractivity contribution is 5.94. The zero-order chi connectivity index (χ0) is 18.5. The topological polar surface area (TPSA) is 47.6 Å². The largest absolute Gasteiger partial charge is 0.496 e. The van der Waals surface area contributed by atoms with Crippen LogP contribution in [-0.2, 0) is 6.61 Å². The predicted molar refractivity (Wildman–Crippen MR) is 103 cm³/mol. The van der Waals surface area contributed by atoms with E-state index in [4.69, 9.17) is 9.47 Å². The number of nitrogens with one attached hydrogen (secondary N) is 1. The van der Waals surface area contributed by atoms with Crippen LogP contribution in [0.1, 0.15) is 52.7 Å². The number of rotatable bonds is 6. The molecule has 26 heavy (non-hydrogen) atoms. The Bertz CT molecular complexity index is 779. The molecular weight excluding hydrogens is 326 g/mol.